The zero-order valence-corrected chi connectivity index (χ0v) is 11.3. The molecule has 3 nitrogen and oxygen atoms in total. The van der Waals surface area contributed by atoms with E-state index in [1.807, 2.05) is 36.4 Å². The highest BCUT2D eigenvalue weighted by molar-refractivity contribution is 6.17. The fraction of sp³-hybridized carbons (Fsp3) is 0.267. The fourth-order valence-electron chi connectivity index (χ4n) is 1.54. The number of alkyl halides is 1. The van der Waals surface area contributed by atoms with Gasteiger partial charge in [0.05, 0.1) is 19.0 Å². The highest BCUT2D eigenvalue weighted by atomic mass is 35.5. The van der Waals surface area contributed by atoms with Crippen LogP contribution in [0.5, 0.6) is 11.5 Å². The van der Waals surface area contributed by atoms with Crippen LogP contribution in [0.1, 0.15) is 12.0 Å². The number of ether oxygens (including phenoxy) is 2. The van der Waals surface area contributed by atoms with Gasteiger partial charge in [-0.2, -0.15) is 0 Å². The normalized spacial score (nSPS) is 10.2. The first-order valence-electron chi connectivity index (χ1n) is 6.19. The summed E-state index contributed by atoms with van der Waals surface area (Å²) in [5.74, 6) is 2.00. The number of hydrogen-bond donors (Lipinski definition) is 0. The summed E-state index contributed by atoms with van der Waals surface area (Å²) in [6.45, 7) is 1.11. The average Bonchev–Trinajstić information content (AvgIpc) is 2.47. The third kappa shape index (κ3) is 4.79. The number of nitrogens with zero attached hydrogens (tertiary/aromatic N) is 1. The highest BCUT2D eigenvalue weighted by Gasteiger charge is 2.00. The maximum atomic E-state index is 5.67. The molecule has 0 radical (unpaired) electrons. The van der Waals surface area contributed by atoms with E-state index in [1.165, 1.54) is 0 Å². The maximum Gasteiger partial charge on any atom is 0.141 e. The smallest absolute Gasteiger partial charge is 0.141 e. The number of pyridine rings is 1. The van der Waals surface area contributed by atoms with E-state index in [4.69, 9.17) is 21.1 Å². The van der Waals surface area contributed by atoms with Crippen LogP contribution in [0.3, 0.4) is 0 Å². The molecule has 0 spiro atoms. The van der Waals surface area contributed by atoms with Gasteiger partial charge in [-0.05, 0) is 12.0 Å². The van der Waals surface area contributed by atoms with Crippen molar-refractivity contribution < 1.29 is 9.47 Å². The van der Waals surface area contributed by atoms with Crippen molar-refractivity contribution >= 4 is 11.6 Å². The zero-order valence-electron chi connectivity index (χ0n) is 10.6. The molecule has 0 bridgehead atoms. The summed E-state index contributed by atoms with van der Waals surface area (Å²) in [6.07, 6.45) is 4.16. The zero-order chi connectivity index (χ0) is 13.3. The predicted molar refractivity (Wildman–Crippen MR) is 75.8 cm³/mol. The van der Waals surface area contributed by atoms with Crippen LogP contribution in [0.25, 0.3) is 0 Å². The molecule has 4 heteroatoms. The Morgan fingerprint density at radius 3 is 2.47 bits per heavy atom. The van der Waals surface area contributed by atoms with Gasteiger partial charge < -0.3 is 9.47 Å². The van der Waals surface area contributed by atoms with Crippen LogP contribution in [0.15, 0.2) is 48.8 Å². The van der Waals surface area contributed by atoms with Gasteiger partial charge in [0, 0.05) is 11.9 Å². The van der Waals surface area contributed by atoms with Crippen LogP contribution in [-0.4, -0.2) is 17.5 Å². The Balaban J connectivity index is 1.88. The lowest BCUT2D eigenvalue weighted by Crippen LogP contribution is -2.00. The molecule has 100 valence electrons. The van der Waals surface area contributed by atoms with Gasteiger partial charge in [0.15, 0.2) is 0 Å². The van der Waals surface area contributed by atoms with E-state index in [2.05, 4.69) is 4.98 Å². The molecule has 0 saturated carbocycles. The van der Waals surface area contributed by atoms with E-state index in [-0.39, 0.29) is 0 Å². The molecule has 0 aliphatic heterocycles. The molecular weight excluding hydrogens is 262 g/mol. The molecule has 2 rings (SSSR count). The topological polar surface area (TPSA) is 31.4 Å². The van der Waals surface area contributed by atoms with Crippen LogP contribution in [-0.2, 0) is 6.61 Å². The minimum Gasteiger partial charge on any atom is -0.492 e. The van der Waals surface area contributed by atoms with Crippen molar-refractivity contribution in [3.05, 3.63) is 54.4 Å². The second-order valence-electron chi connectivity index (χ2n) is 4.02. The molecule has 2 aromatic rings. The Kier molecular flexibility index (Phi) is 5.50. The van der Waals surface area contributed by atoms with E-state index in [0.717, 1.165) is 12.0 Å². The summed E-state index contributed by atoms with van der Waals surface area (Å²) >= 11 is 5.60. The molecular formula is C15H16ClNO2. The Morgan fingerprint density at radius 1 is 1.00 bits per heavy atom. The van der Waals surface area contributed by atoms with Gasteiger partial charge in [-0.1, -0.05) is 30.3 Å². The summed E-state index contributed by atoms with van der Waals surface area (Å²) in [6, 6.07) is 11.8. The third-order valence-corrected chi connectivity index (χ3v) is 2.75. The second kappa shape index (κ2) is 7.64. The van der Waals surface area contributed by atoms with Crippen LogP contribution in [0.4, 0.5) is 0 Å². The summed E-state index contributed by atoms with van der Waals surface area (Å²) in [5, 5.41) is 0. The van der Waals surface area contributed by atoms with Crippen LogP contribution >= 0.6 is 11.6 Å². The Hall–Kier alpha value is -1.74. The molecule has 1 aromatic heterocycles. The van der Waals surface area contributed by atoms with E-state index in [9.17, 15) is 0 Å². The lowest BCUT2D eigenvalue weighted by Gasteiger charge is -2.08. The summed E-state index contributed by atoms with van der Waals surface area (Å²) < 4.78 is 11.2. The van der Waals surface area contributed by atoms with Crippen molar-refractivity contribution in [1.29, 1.82) is 0 Å². The van der Waals surface area contributed by atoms with Crippen molar-refractivity contribution in [1.82, 2.24) is 4.98 Å². The maximum absolute atomic E-state index is 5.67. The molecule has 0 aliphatic rings. The van der Waals surface area contributed by atoms with Gasteiger partial charge in [-0.15, -0.1) is 11.6 Å². The van der Waals surface area contributed by atoms with Crippen LogP contribution in [0, 0.1) is 0 Å². The molecule has 1 aromatic carbocycles. The van der Waals surface area contributed by atoms with Crippen molar-refractivity contribution in [3.63, 3.8) is 0 Å². The van der Waals surface area contributed by atoms with E-state index >= 15 is 0 Å². The number of aromatic nitrogens is 1. The molecule has 1 heterocycles. The highest BCUT2D eigenvalue weighted by Crippen LogP contribution is 2.18. The average molecular weight is 278 g/mol. The molecule has 0 aliphatic carbocycles. The first kappa shape index (κ1) is 13.7. The standard InChI is InChI=1S/C15H16ClNO2/c16-7-4-8-18-14-9-15(11-17-10-14)19-12-13-5-2-1-3-6-13/h1-3,5-6,9-11H,4,7-8,12H2. The first-order valence-corrected chi connectivity index (χ1v) is 6.72. The number of hydrogen-bond acceptors (Lipinski definition) is 3. The van der Waals surface area contributed by atoms with Gasteiger partial charge >= 0.3 is 0 Å². The molecule has 0 saturated heterocycles. The van der Waals surface area contributed by atoms with Crippen molar-refractivity contribution in [2.45, 2.75) is 13.0 Å². The number of rotatable bonds is 7. The van der Waals surface area contributed by atoms with Gasteiger partial charge in [0.1, 0.15) is 18.1 Å². The van der Waals surface area contributed by atoms with Crippen LogP contribution < -0.4 is 9.47 Å². The summed E-state index contributed by atoms with van der Waals surface area (Å²) in [5.41, 5.74) is 1.12. The number of halogens is 1. The largest absolute Gasteiger partial charge is 0.492 e. The number of benzene rings is 1. The summed E-state index contributed by atoms with van der Waals surface area (Å²) in [7, 11) is 0. The van der Waals surface area contributed by atoms with E-state index in [1.54, 1.807) is 12.4 Å². The molecule has 19 heavy (non-hydrogen) atoms. The molecule has 0 amide bonds. The third-order valence-electron chi connectivity index (χ3n) is 2.48. The minimum atomic E-state index is 0.521. The van der Waals surface area contributed by atoms with Crippen LogP contribution in [0.2, 0.25) is 0 Å². The lowest BCUT2D eigenvalue weighted by molar-refractivity contribution is 0.293. The monoisotopic (exact) mass is 277 g/mol. The Labute approximate surface area is 118 Å². The minimum absolute atomic E-state index is 0.521. The van der Waals surface area contributed by atoms with E-state index < -0.39 is 0 Å². The van der Waals surface area contributed by atoms with E-state index in [0.29, 0.717) is 30.6 Å². The Morgan fingerprint density at radius 2 is 1.74 bits per heavy atom. The van der Waals surface area contributed by atoms with Gasteiger partial charge in [0.25, 0.3) is 0 Å². The molecule has 0 atom stereocenters. The van der Waals surface area contributed by atoms with Gasteiger partial charge in [-0.25, -0.2) is 0 Å². The van der Waals surface area contributed by atoms with Crippen molar-refractivity contribution in [2.75, 3.05) is 12.5 Å². The lowest BCUT2D eigenvalue weighted by atomic mass is 10.2. The van der Waals surface area contributed by atoms with Gasteiger partial charge in [0.2, 0.25) is 0 Å². The second-order valence-corrected chi connectivity index (χ2v) is 4.40. The molecule has 0 N–H and O–H groups in total. The first-order chi connectivity index (χ1) is 9.38. The van der Waals surface area contributed by atoms with Crippen molar-refractivity contribution in [2.24, 2.45) is 0 Å². The molecule has 0 unspecified atom stereocenters. The molecule has 0 fully saturated rings. The quantitative estimate of drug-likeness (QED) is 0.572. The van der Waals surface area contributed by atoms with Gasteiger partial charge in [-0.3, -0.25) is 4.98 Å². The Bertz CT molecular complexity index is 491. The van der Waals surface area contributed by atoms with Crippen molar-refractivity contribution in [3.8, 4) is 11.5 Å². The SMILES string of the molecule is ClCCCOc1cncc(OCc2ccccc2)c1. The fourth-order valence-corrected chi connectivity index (χ4v) is 1.65. The summed E-state index contributed by atoms with van der Waals surface area (Å²) in [4.78, 5) is 4.09. The predicted octanol–water partition coefficient (Wildman–Crippen LogP) is 3.67.